The van der Waals surface area contributed by atoms with Gasteiger partial charge >= 0.3 is 7.12 Å². The first-order chi connectivity index (χ1) is 12.2. The van der Waals surface area contributed by atoms with Gasteiger partial charge in [-0.2, -0.15) is 0 Å². The van der Waals surface area contributed by atoms with Crippen LogP contribution in [0.4, 0.5) is 4.39 Å². The molecule has 2 aliphatic rings. The minimum atomic E-state index is -0.907. The zero-order chi connectivity index (χ0) is 18.9. The SMILES string of the molecule is CC1(C)OB(C(F)=C2CCC(Oc3cc(CN)ccn3)CC2)OC1(C)C. The van der Waals surface area contributed by atoms with Crippen molar-refractivity contribution in [3.05, 3.63) is 35.2 Å². The van der Waals surface area contributed by atoms with Crippen LogP contribution >= 0.6 is 0 Å². The third-order valence-electron chi connectivity index (χ3n) is 5.66. The lowest BCUT2D eigenvalue weighted by molar-refractivity contribution is 0.00578. The number of halogens is 1. The fraction of sp³-hybridized carbons (Fsp3) is 0.632. The van der Waals surface area contributed by atoms with E-state index in [9.17, 15) is 4.39 Å². The minimum Gasteiger partial charge on any atom is -0.474 e. The van der Waals surface area contributed by atoms with E-state index in [1.165, 1.54) is 0 Å². The number of pyridine rings is 1. The zero-order valence-electron chi connectivity index (χ0n) is 16.0. The molecule has 0 unspecified atom stereocenters. The van der Waals surface area contributed by atoms with Gasteiger partial charge in [0, 0.05) is 18.8 Å². The van der Waals surface area contributed by atoms with Crippen molar-refractivity contribution in [3.63, 3.8) is 0 Å². The lowest BCUT2D eigenvalue weighted by Crippen LogP contribution is -2.41. The summed E-state index contributed by atoms with van der Waals surface area (Å²) in [5, 5.41) is 0. The molecule has 0 atom stereocenters. The molecule has 2 fully saturated rings. The molecule has 1 saturated heterocycles. The third-order valence-corrected chi connectivity index (χ3v) is 5.66. The van der Waals surface area contributed by atoms with E-state index in [1.807, 2.05) is 39.8 Å². The normalized spacial score (nSPS) is 24.6. The van der Waals surface area contributed by atoms with Gasteiger partial charge in [0.15, 0.2) is 0 Å². The maximum absolute atomic E-state index is 14.9. The summed E-state index contributed by atoms with van der Waals surface area (Å²) in [5.74, 6) is 0.580. The number of aromatic nitrogens is 1. The van der Waals surface area contributed by atoms with E-state index in [1.54, 1.807) is 6.20 Å². The van der Waals surface area contributed by atoms with Crippen LogP contribution in [0.5, 0.6) is 5.88 Å². The molecule has 2 heterocycles. The fourth-order valence-electron chi connectivity index (χ4n) is 3.22. The Balaban J connectivity index is 1.60. The first-order valence-corrected chi connectivity index (χ1v) is 9.26. The Morgan fingerprint density at radius 2 is 1.88 bits per heavy atom. The summed E-state index contributed by atoms with van der Waals surface area (Å²) in [6, 6.07) is 3.73. The molecule has 1 saturated carbocycles. The summed E-state index contributed by atoms with van der Waals surface area (Å²) in [6.07, 6.45) is 4.50. The molecule has 0 radical (unpaired) electrons. The van der Waals surface area contributed by atoms with Crippen molar-refractivity contribution in [3.8, 4) is 5.88 Å². The first-order valence-electron chi connectivity index (χ1n) is 9.26. The van der Waals surface area contributed by atoms with Crippen molar-refractivity contribution < 1.29 is 18.4 Å². The lowest BCUT2D eigenvalue weighted by Gasteiger charge is -2.32. The zero-order valence-corrected chi connectivity index (χ0v) is 16.0. The van der Waals surface area contributed by atoms with Crippen molar-refractivity contribution in [2.75, 3.05) is 0 Å². The molecule has 1 aliphatic carbocycles. The molecule has 1 aromatic rings. The van der Waals surface area contributed by atoms with Gasteiger partial charge in [-0.1, -0.05) is 0 Å². The second-order valence-corrected chi connectivity index (χ2v) is 8.06. The van der Waals surface area contributed by atoms with E-state index in [2.05, 4.69) is 4.98 Å². The van der Waals surface area contributed by atoms with E-state index < -0.39 is 18.3 Å². The number of nitrogens with zero attached hydrogens (tertiary/aromatic N) is 1. The number of hydrogen-bond acceptors (Lipinski definition) is 5. The quantitative estimate of drug-likeness (QED) is 0.827. The van der Waals surface area contributed by atoms with Crippen molar-refractivity contribution in [2.45, 2.75) is 77.2 Å². The molecule has 26 heavy (non-hydrogen) atoms. The van der Waals surface area contributed by atoms with Crippen LogP contribution in [-0.2, 0) is 15.9 Å². The van der Waals surface area contributed by atoms with Gasteiger partial charge in [-0.05, 0) is 70.6 Å². The standard InChI is InChI=1S/C19H28BFN2O3/c1-18(2)19(3,4)26-20(25-18)17(21)14-5-7-15(8-6-14)24-16-11-13(12-22)9-10-23-16/h9-11,15H,5-8,12,22H2,1-4H3. The van der Waals surface area contributed by atoms with Gasteiger partial charge in [-0.25, -0.2) is 9.37 Å². The van der Waals surface area contributed by atoms with Gasteiger partial charge in [-0.3, -0.25) is 0 Å². The van der Waals surface area contributed by atoms with Crippen LogP contribution in [-0.4, -0.2) is 29.4 Å². The molecule has 7 heteroatoms. The van der Waals surface area contributed by atoms with Crippen molar-refractivity contribution >= 4 is 7.12 Å². The van der Waals surface area contributed by atoms with E-state index in [4.69, 9.17) is 19.8 Å². The lowest BCUT2D eigenvalue weighted by atomic mass is 9.79. The van der Waals surface area contributed by atoms with Gasteiger partial charge in [-0.15, -0.1) is 0 Å². The predicted molar refractivity (Wildman–Crippen MR) is 99.2 cm³/mol. The molecule has 0 aromatic carbocycles. The molecular weight excluding hydrogens is 334 g/mol. The Morgan fingerprint density at radius 3 is 2.46 bits per heavy atom. The average Bonchev–Trinajstić information content (AvgIpc) is 2.83. The van der Waals surface area contributed by atoms with Gasteiger partial charge in [0.1, 0.15) is 11.8 Å². The molecule has 0 bridgehead atoms. The van der Waals surface area contributed by atoms with Gasteiger partial charge in [0.25, 0.3) is 0 Å². The van der Waals surface area contributed by atoms with Crippen LogP contribution in [0.2, 0.25) is 0 Å². The van der Waals surface area contributed by atoms with Gasteiger partial charge in [0.2, 0.25) is 5.88 Å². The fourth-order valence-corrected chi connectivity index (χ4v) is 3.22. The van der Waals surface area contributed by atoms with Crippen LogP contribution < -0.4 is 10.5 Å². The molecule has 3 rings (SSSR count). The second kappa shape index (κ2) is 7.29. The van der Waals surface area contributed by atoms with E-state index in [0.717, 1.165) is 24.0 Å². The Labute approximate surface area is 155 Å². The van der Waals surface area contributed by atoms with Gasteiger partial charge < -0.3 is 19.8 Å². The average molecular weight is 362 g/mol. The van der Waals surface area contributed by atoms with Crippen LogP contribution in [0, 0.1) is 0 Å². The summed E-state index contributed by atoms with van der Waals surface area (Å²) in [7, 11) is -0.907. The van der Waals surface area contributed by atoms with Crippen molar-refractivity contribution in [1.29, 1.82) is 0 Å². The molecule has 0 spiro atoms. The van der Waals surface area contributed by atoms with Crippen LogP contribution in [0.1, 0.15) is 58.9 Å². The molecule has 0 amide bonds. The highest BCUT2D eigenvalue weighted by Crippen LogP contribution is 2.40. The largest absolute Gasteiger partial charge is 0.525 e. The third kappa shape index (κ3) is 3.95. The topological polar surface area (TPSA) is 66.6 Å². The summed E-state index contributed by atoms with van der Waals surface area (Å²) in [4.78, 5) is 4.23. The van der Waals surface area contributed by atoms with Crippen LogP contribution in [0.3, 0.4) is 0 Å². The Hall–Kier alpha value is -1.44. The van der Waals surface area contributed by atoms with Gasteiger partial charge in [0.05, 0.1) is 11.2 Å². The molecule has 1 aliphatic heterocycles. The smallest absolute Gasteiger partial charge is 0.474 e. The summed E-state index contributed by atoms with van der Waals surface area (Å²) in [5.41, 5.74) is 6.06. The van der Waals surface area contributed by atoms with Crippen molar-refractivity contribution in [2.24, 2.45) is 5.73 Å². The molecule has 1 aromatic heterocycles. The number of hydrogen-bond donors (Lipinski definition) is 1. The molecule has 142 valence electrons. The van der Waals surface area contributed by atoms with E-state index in [0.29, 0.717) is 25.3 Å². The number of ether oxygens (including phenoxy) is 1. The number of rotatable bonds is 4. The maximum Gasteiger partial charge on any atom is 0.525 e. The van der Waals surface area contributed by atoms with Crippen LogP contribution in [0.25, 0.3) is 0 Å². The Bertz CT molecular complexity index is 667. The minimum absolute atomic E-state index is 0.0328. The first kappa shape index (κ1) is 19.3. The molecule has 2 N–H and O–H groups in total. The highest BCUT2D eigenvalue weighted by molar-refractivity contribution is 6.53. The Morgan fingerprint density at radius 1 is 1.27 bits per heavy atom. The highest BCUT2D eigenvalue weighted by Gasteiger charge is 2.53. The van der Waals surface area contributed by atoms with Crippen LogP contribution in [0.15, 0.2) is 29.6 Å². The van der Waals surface area contributed by atoms with Crippen molar-refractivity contribution in [1.82, 2.24) is 4.98 Å². The monoisotopic (exact) mass is 362 g/mol. The Kier molecular flexibility index (Phi) is 5.42. The maximum atomic E-state index is 14.9. The van der Waals surface area contributed by atoms with E-state index >= 15 is 0 Å². The highest BCUT2D eigenvalue weighted by atomic mass is 19.1. The van der Waals surface area contributed by atoms with E-state index in [-0.39, 0.29) is 11.8 Å². The molecule has 5 nitrogen and oxygen atoms in total. The summed E-state index contributed by atoms with van der Waals surface area (Å²) >= 11 is 0. The second-order valence-electron chi connectivity index (χ2n) is 8.06. The predicted octanol–water partition coefficient (Wildman–Crippen LogP) is 3.72. The summed E-state index contributed by atoms with van der Waals surface area (Å²) in [6.45, 7) is 8.17. The number of allylic oxidation sites excluding steroid dienone is 1. The number of nitrogens with two attached hydrogens (primary N) is 1. The summed E-state index contributed by atoms with van der Waals surface area (Å²) < 4.78 is 32.5. The molecular formula is C19H28BFN2O3.